The van der Waals surface area contributed by atoms with Crippen LogP contribution in [-0.4, -0.2) is 19.1 Å². The Morgan fingerprint density at radius 1 is 1.04 bits per heavy atom. The van der Waals surface area contributed by atoms with Gasteiger partial charge in [0.15, 0.2) is 0 Å². The Bertz CT molecular complexity index is 1090. The lowest BCUT2D eigenvalue weighted by atomic mass is 9.93. The predicted molar refractivity (Wildman–Crippen MR) is 110 cm³/mol. The molecule has 4 rings (SSSR count). The van der Waals surface area contributed by atoms with Crippen LogP contribution in [0.5, 0.6) is 0 Å². The van der Waals surface area contributed by atoms with Gasteiger partial charge in [-0.1, -0.05) is 48.5 Å². The number of fused-ring (bicyclic) bond motifs is 1. The van der Waals surface area contributed by atoms with Crippen molar-refractivity contribution >= 4 is 22.3 Å². The molecule has 0 bridgehead atoms. The van der Waals surface area contributed by atoms with Crippen molar-refractivity contribution in [1.82, 2.24) is 5.32 Å². The fourth-order valence-corrected chi connectivity index (χ4v) is 3.53. The first-order valence-corrected chi connectivity index (χ1v) is 9.32. The summed E-state index contributed by atoms with van der Waals surface area (Å²) in [6, 6.07) is 21.3. The molecule has 4 heteroatoms. The molecule has 3 aromatic rings. The van der Waals surface area contributed by atoms with Gasteiger partial charge >= 0.3 is 0 Å². The number of hydrogen-bond donors (Lipinski definition) is 1. The van der Waals surface area contributed by atoms with Crippen molar-refractivity contribution < 1.29 is 9.53 Å². The summed E-state index contributed by atoms with van der Waals surface area (Å²) >= 11 is 0. The van der Waals surface area contributed by atoms with E-state index < -0.39 is 0 Å². The van der Waals surface area contributed by atoms with Gasteiger partial charge in [0.05, 0.1) is 24.8 Å². The van der Waals surface area contributed by atoms with Crippen LogP contribution < -0.4 is 5.32 Å². The molecule has 28 heavy (non-hydrogen) atoms. The van der Waals surface area contributed by atoms with Crippen LogP contribution in [0.3, 0.4) is 0 Å². The van der Waals surface area contributed by atoms with E-state index in [2.05, 4.69) is 29.6 Å². The third-order valence-electron chi connectivity index (χ3n) is 5.01. The van der Waals surface area contributed by atoms with E-state index >= 15 is 0 Å². The van der Waals surface area contributed by atoms with Crippen LogP contribution in [0.2, 0.25) is 0 Å². The molecule has 0 spiro atoms. The van der Waals surface area contributed by atoms with Gasteiger partial charge in [-0.05, 0) is 52.1 Å². The van der Waals surface area contributed by atoms with Crippen molar-refractivity contribution in [3.05, 3.63) is 89.0 Å². The number of hydrogen-bond acceptors (Lipinski definition) is 3. The van der Waals surface area contributed by atoms with Crippen LogP contribution in [0.25, 0.3) is 16.3 Å². The minimum absolute atomic E-state index is 0.104. The monoisotopic (exact) mass is 368 g/mol. The van der Waals surface area contributed by atoms with Gasteiger partial charge in [0.25, 0.3) is 5.91 Å². The number of carbonyl (C=O) groups is 1. The first-order valence-electron chi connectivity index (χ1n) is 9.32. The Labute approximate surface area is 164 Å². The van der Waals surface area contributed by atoms with Crippen LogP contribution in [0.4, 0.5) is 0 Å². The maximum atomic E-state index is 12.8. The van der Waals surface area contributed by atoms with Crippen molar-refractivity contribution in [2.45, 2.75) is 13.0 Å². The number of nitrogens with one attached hydrogen (secondary N) is 1. The molecule has 0 radical (unpaired) electrons. The maximum absolute atomic E-state index is 12.8. The molecule has 0 unspecified atom stereocenters. The van der Waals surface area contributed by atoms with Gasteiger partial charge in [0.2, 0.25) is 0 Å². The van der Waals surface area contributed by atoms with Gasteiger partial charge in [-0.3, -0.25) is 4.79 Å². The highest BCUT2D eigenvalue weighted by Gasteiger charge is 2.14. The summed E-state index contributed by atoms with van der Waals surface area (Å²) in [5.74, 6) is -0.104. The minimum Gasteiger partial charge on any atom is -0.377 e. The second-order valence-electron chi connectivity index (χ2n) is 6.75. The average molecular weight is 368 g/mol. The first kappa shape index (κ1) is 18.0. The van der Waals surface area contributed by atoms with Crippen molar-refractivity contribution in [3.8, 4) is 6.07 Å². The van der Waals surface area contributed by atoms with E-state index in [1.165, 1.54) is 11.1 Å². The van der Waals surface area contributed by atoms with E-state index in [1.807, 2.05) is 36.4 Å². The van der Waals surface area contributed by atoms with Gasteiger partial charge in [0, 0.05) is 12.1 Å². The van der Waals surface area contributed by atoms with Gasteiger partial charge < -0.3 is 10.1 Å². The van der Waals surface area contributed by atoms with E-state index in [0.717, 1.165) is 29.4 Å². The highest BCUT2D eigenvalue weighted by Crippen LogP contribution is 2.30. The molecule has 1 heterocycles. The molecule has 1 N–H and O–H groups in total. The van der Waals surface area contributed by atoms with Crippen molar-refractivity contribution in [1.29, 1.82) is 5.26 Å². The Morgan fingerprint density at radius 2 is 1.82 bits per heavy atom. The molecular weight excluding hydrogens is 348 g/mol. The second kappa shape index (κ2) is 8.08. The molecule has 1 amide bonds. The third-order valence-corrected chi connectivity index (χ3v) is 5.01. The Balaban J connectivity index is 1.60. The highest BCUT2D eigenvalue weighted by molar-refractivity contribution is 6.09. The van der Waals surface area contributed by atoms with Crippen LogP contribution in [-0.2, 0) is 11.3 Å². The largest absolute Gasteiger partial charge is 0.377 e. The van der Waals surface area contributed by atoms with Crippen molar-refractivity contribution in [2.75, 3.05) is 13.2 Å². The summed E-state index contributed by atoms with van der Waals surface area (Å²) in [6.45, 7) is 1.78. The smallest absolute Gasteiger partial charge is 0.252 e. The SMILES string of the molecule is N#Cc1ccc(CNC(=O)c2cccc3c(C4=CCOCC4)cccc23)cc1. The van der Waals surface area contributed by atoms with Gasteiger partial charge in [-0.2, -0.15) is 5.26 Å². The van der Waals surface area contributed by atoms with Crippen molar-refractivity contribution in [2.24, 2.45) is 0 Å². The number of rotatable bonds is 4. The summed E-state index contributed by atoms with van der Waals surface area (Å²) in [6.07, 6.45) is 3.00. The van der Waals surface area contributed by atoms with E-state index in [1.54, 1.807) is 12.1 Å². The van der Waals surface area contributed by atoms with Crippen LogP contribution in [0.1, 0.15) is 33.5 Å². The van der Waals surface area contributed by atoms with E-state index in [0.29, 0.717) is 24.3 Å². The normalized spacial score (nSPS) is 13.6. The molecule has 1 aliphatic rings. The zero-order valence-electron chi connectivity index (χ0n) is 15.4. The van der Waals surface area contributed by atoms with Crippen LogP contribution in [0.15, 0.2) is 66.7 Å². The molecule has 0 fully saturated rings. The molecule has 1 aliphatic heterocycles. The van der Waals surface area contributed by atoms with E-state index in [9.17, 15) is 4.79 Å². The molecule has 0 saturated heterocycles. The van der Waals surface area contributed by atoms with Crippen molar-refractivity contribution in [3.63, 3.8) is 0 Å². The number of carbonyl (C=O) groups excluding carboxylic acids is 1. The van der Waals surface area contributed by atoms with E-state index in [4.69, 9.17) is 10.00 Å². The molecular formula is C24H20N2O2. The van der Waals surface area contributed by atoms with Gasteiger partial charge in [0.1, 0.15) is 0 Å². The molecule has 4 nitrogen and oxygen atoms in total. The standard InChI is InChI=1S/C24H20N2O2/c25-15-17-7-9-18(10-8-17)16-26-24(27)23-6-2-4-21-20(3-1-5-22(21)23)19-11-13-28-14-12-19/h1-11H,12-14,16H2,(H,26,27). The van der Waals surface area contributed by atoms with Gasteiger partial charge in [-0.15, -0.1) is 0 Å². The number of nitriles is 1. The molecule has 0 aromatic heterocycles. The molecule has 3 aromatic carbocycles. The zero-order chi connectivity index (χ0) is 19.3. The zero-order valence-corrected chi connectivity index (χ0v) is 15.4. The first-order chi connectivity index (χ1) is 13.8. The minimum atomic E-state index is -0.104. The number of nitrogens with zero attached hydrogens (tertiary/aromatic N) is 1. The lowest BCUT2D eigenvalue weighted by molar-refractivity contribution is 0.0952. The number of benzene rings is 3. The lowest BCUT2D eigenvalue weighted by Gasteiger charge is -2.16. The molecule has 0 aliphatic carbocycles. The lowest BCUT2D eigenvalue weighted by Crippen LogP contribution is -2.23. The second-order valence-corrected chi connectivity index (χ2v) is 6.75. The Hall–Kier alpha value is -3.42. The summed E-state index contributed by atoms with van der Waals surface area (Å²) < 4.78 is 5.43. The van der Waals surface area contributed by atoms with Gasteiger partial charge in [-0.25, -0.2) is 0 Å². The molecule has 0 atom stereocenters. The highest BCUT2D eigenvalue weighted by atomic mass is 16.5. The summed E-state index contributed by atoms with van der Waals surface area (Å²) in [4.78, 5) is 12.8. The van der Waals surface area contributed by atoms with E-state index in [-0.39, 0.29) is 5.91 Å². The quantitative estimate of drug-likeness (QED) is 0.740. The topological polar surface area (TPSA) is 62.1 Å². The summed E-state index contributed by atoms with van der Waals surface area (Å²) in [5.41, 5.74) is 4.68. The maximum Gasteiger partial charge on any atom is 0.252 e. The molecule has 138 valence electrons. The van der Waals surface area contributed by atoms with Crippen LogP contribution >= 0.6 is 0 Å². The fraction of sp³-hybridized carbons (Fsp3) is 0.167. The summed E-state index contributed by atoms with van der Waals surface area (Å²) in [5, 5.41) is 13.9. The Morgan fingerprint density at radius 3 is 2.57 bits per heavy atom. The Kier molecular flexibility index (Phi) is 5.18. The number of ether oxygens (including phenoxy) is 1. The van der Waals surface area contributed by atoms with Crippen LogP contribution in [0, 0.1) is 11.3 Å². The third kappa shape index (κ3) is 3.66. The molecule has 0 saturated carbocycles. The average Bonchev–Trinajstić information content (AvgIpc) is 2.77. The summed E-state index contributed by atoms with van der Waals surface area (Å²) in [7, 11) is 0. The fourth-order valence-electron chi connectivity index (χ4n) is 3.53. The predicted octanol–water partition coefficient (Wildman–Crippen LogP) is 4.45. The number of amides is 1.